The minimum Gasteiger partial charge on any atom is -0.308 e. The van der Waals surface area contributed by atoms with Gasteiger partial charge in [0.15, 0.2) is 0 Å². The number of urea groups is 1. The Hall–Kier alpha value is -2.89. The summed E-state index contributed by atoms with van der Waals surface area (Å²) < 4.78 is 1.14. The first-order valence-electron chi connectivity index (χ1n) is 7.97. The van der Waals surface area contributed by atoms with Crippen molar-refractivity contribution in [2.75, 3.05) is 10.6 Å². The van der Waals surface area contributed by atoms with Crippen molar-refractivity contribution in [2.45, 2.75) is 0 Å². The van der Waals surface area contributed by atoms with Gasteiger partial charge in [-0.15, -0.1) is 11.3 Å². The van der Waals surface area contributed by atoms with Gasteiger partial charge in [-0.2, -0.15) is 0 Å². The zero-order chi connectivity index (χ0) is 17.9. The maximum atomic E-state index is 12.2. The van der Waals surface area contributed by atoms with Crippen molar-refractivity contribution < 1.29 is 4.79 Å². The van der Waals surface area contributed by atoms with Gasteiger partial charge in [-0.25, -0.2) is 9.78 Å². The minimum absolute atomic E-state index is 0.348. The lowest BCUT2D eigenvalue weighted by Crippen LogP contribution is -2.19. The molecule has 4 aromatic rings. The van der Waals surface area contributed by atoms with Crippen LogP contribution < -0.4 is 10.6 Å². The fraction of sp³-hybridized carbons (Fsp3) is 0. The summed E-state index contributed by atoms with van der Waals surface area (Å²) in [7, 11) is 0. The average Bonchev–Trinajstić information content (AvgIpc) is 3.08. The number of fused-ring (bicyclic) bond motifs is 1. The number of carbonyl (C=O) groups is 1. The quantitative estimate of drug-likeness (QED) is 0.441. The van der Waals surface area contributed by atoms with Gasteiger partial charge < -0.3 is 10.6 Å². The fourth-order valence-electron chi connectivity index (χ4n) is 2.57. The Kier molecular flexibility index (Phi) is 4.56. The molecule has 1 heterocycles. The zero-order valence-electron chi connectivity index (χ0n) is 13.6. The predicted octanol–water partition coefficient (Wildman–Crippen LogP) is 6.26. The van der Waals surface area contributed by atoms with Crippen molar-refractivity contribution in [3.8, 4) is 10.6 Å². The summed E-state index contributed by atoms with van der Waals surface area (Å²) in [5.74, 6) is 0. The van der Waals surface area contributed by atoms with Gasteiger partial charge in [0.05, 0.1) is 20.9 Å². The number of halogens is 1. The molecule has 26 heavy (non-hydrogen) atoms. The summed E-state index contributed by atoms with van der Waals surface area (Å²) in [6, 6.07) is 22.4. The first kappa shape index (κ1) is 16.6. The molecule has 0 saturated carbocycles. The van der Waals surface area contributed by atoms with Gasteiger partial charge in [0.25, 0.3) is 0 Å². The van der Waals surface area contributed by atoms with Crippen LogP contribution in [0.2, 0.25) is 5.02 Å². The maximum Gasteiger partial charge on any atom is 0.323 e. The Morgan fingerprint density at radius 3 is 2.58 bits per heavy atom. The van der Waals surface area contributed by atoms with Crippen molar-refractivity contribution in [1.29, 1.82) is 0 Å². The molecule has 0 radical (unpaired) electrons. The van der Waals surface area contributed by atoms with E-state index in [9.17, 15) is 4.79 Å². The van der Waals surface area contributed by atoms with E-state index in [1.54, 1.807) is 23.5 Å². The number of hydrogen-bond acceptors (Lipinski definition) is 3. The van der Waals surface area contributed by atoms with Crippen molar-refractivity contribution in [1.82, 2.24) is 4.98 Å². The number of rotatable bonds is 3. The molecule has 0 spiro atoms. The third kappa shape index (κ3) is 3.54. The number of nitrogens with one attached hydrogen (secondary N) is 2. The first-order chi connectivity index (χ1) is 12.7. The molecule has 4 rings (SSSR count). The molecular weight excluding hydrogens is 366 g/mol. The maximum absolute atomic E-state index is 12.2. The molecule has 0 unspecified atom stereocenters. The lowest BCUT2D eigenvalue weighted by molar-refractivity contribution is 0.262. The van der Waals surface area contributed by atoms with Crippen LogP contribution in [0.5, 0.6) is 0 Å². The summed E-state index contributed by atoms with van der Waals surface area (Å²) in [6.07, 6.45) is 0. The van der Waals surface area contributed by atoms with Crippen LogP contribution >= 0.6 is 22.9 Å². The molecule has 0 fully saturated rings. The molecule has 3 aromatic carbocycles. The number of amides is 2. The van der Waals surface area contributed by atoms with Crippen LogP contribution in [-0.4, -0.2) is 11.0 Å². The number of carbonyl (C=O) groups excluding carboxylic acids is 1. The smallest absolute Gasteiger partial charge is 0.308 e. The van der Waals surface area contributed by atoms with E-state index in [0.29, 0.717) is 16.4 Å². The summed E-state index contributed by atoms with van der Waals surface area (Å²) in [5.41, 5.74) is 3.18. The van der Waals surface area contributed by atoms with Gasteiger partial charge in [-0.05, 0) is 36.4 Å². The van der Waals surface area contributed by atoms with Crippen LogP contribution in [0.3, 0.4) is 0 Å². The molecule has 1 aromatic heterocycles. The minimum atomic E-state index is -0.348. The van der Waals surface area contributed by atoms with Gasteiger partial charge in [-0.3, -0.25) is 0 Å². The third-order valence-electron chi connectivity index (χ3n) is 3.78. The number of benzene rings is 3. The monoisotopic (exact) mass is 379 g/mol. The molecule has 128 valence electrons. The molecule has 0 atom stereocenters. The highest BCUT2D eigenvalue weighted by Gasteiger charge is 2.09. The summed E-state index contributed by atoms with van der Waals surface area (Å²) in [6.45, 7) is 0. The van der Waals surface area contributed by atoms with Crippen LogP contribution in [0.1, 0.15) is 0 Å². The van der Waals surface area contributed by atoms with E-state index in [1.165, 1.54) is 0 Å². The standard InChI is InChI=1S/C20H14ClN3OS/c21-15-8-1-2-9-16(15)24-20(25)22-14-7-5-6-13(12-14)19-23-17-10-3-4-11-18(17)26-19/h1-12H,(H2,22,24,25). The molecule has 0 aliphatic carbocycles. The lowest BCUT2D eigenvalue weighted by atomic mass is 10.2. The summed E-state index contributed by atoms with van der Waals surface area (Å²) in [4.78, 5) is 16.9. The van der Waals surface area contributed by atoms with Crippen LogP contribution in [-0.2, 0) is 0 Å². The molecule has 0 aliphatic rings. The first-order valence-corrected chi connectivity index (χ1v) is 9.17. The number of hydrogen-bond donors (Lipinski definition) is 2. The van der Waals surface area contributed by atoms with Gasteiger partial charge in [-0.1, -0.05) is 48.0 Å². The average molecular weight is 380 g/mol. The van der Waals surface area contributed by atoms with E-state index in [4.69, 9.17) is 11.6 Å². The van der Waals surface area contributed by atoms with Crippen LogP contribution in [0.4, 0.5) is 16.2 Å². The molecular formula is C20H14ClN3OS. The predicted molar refractivity (Wildman–Crippen MR) is 109 cm³/mol. The molecule has 0 saturated heterocycles. The second-order valence-electron chi connectivity index (χ2n) is 5.63. The van der Waals surface area contributed by atoms with E-state index in [-0.39, 0.29) is 6.03 Å². The van der Waals surface area contributed by atoms with Crippen molar-refractivity contribution >= 4 is 50.6 Å². The molecule has 6 heteroatoms. The van der Waals surface area contributed by atoms with Crippen molar-refractivity contribution in [3.05, 3.63) is 77.8 Å². The Balaban J connectivity index is 1.54. The van der Waals surface area contributed by atoms with Crippen LogP contribution in [0.15, 0.2) is 72.8 Å². The van der Waals surface area contributed by atoms with E-state index in [2.05, 4.69) is 21.7 Å². The number of nitrogens with zero attached hydrogens (tertiary/aromatic N) is 1. The van der Waals surface area contributed by atoms with Gasteiger partial charge in [0.2, 0.25) is 0 Å². The number of aromatic nitrogens is 1. The Morgan fingerprint density at radius 1 is 0.923 bits per heavy atom. The van der Waals surface area contributed by atoms with E-state index >= 15 is 0 Å². The molecule has 0 bridgehead atoms. The lowest BCUT2D eigenvalue weighted by Gasteiger charge is -2.09. The molecule has 0 aliphatic heterocycles. The van der Waals surface area contributed by atoms with Crippen LogP contribution in [0, 0.1) is 0 Å². The van der Waals surface area contributed by atoms with Gasteiger partial charge in [0, 0.05) is 11.3 Å². The van der Waals surface area contributed by atoms with E-state index < -0.39 is 0 Å². The Bertz CT molecular complexity index is 1060. The molecule has 2 amide bonds. The topological polar surface area (TPSA) is 54.0 Å². The largest absolute Gasteiger partial charge is 0.323 e. The van der Waals surface area contributed by atoms with Crippen molar-refractivity contribution in [2.24, 2.45) is 0 Å². The fourth-order valence-corrected chi connectivity index (χ4v) is 3.72. The summed E-state index contributed by atoms with van der Waals surface area (Å²) >= 11 is 7.69. The molecule has 2 N–H and O–H groups in total. The highest BCUT2D eigenvalue weighted by molar-refractivity contribution is 7.21. The highest BCUT2D eigenvalue weighted by atomic mass is 35.5. The van der Waals surface area contributed by atoms with Crippen LogP contribution in [0.25, 0.3) is 20.8 Å². The zero-order valence-corrected chi connectivity index (χ0v) is 15.1. The van der Waals surface area contributed by atoms with Crippen molar-refractivity contribution in [3.63, 3.8) is 0 Å². The Morgan fingerprint density at radius 2 is 1.73 bits per heavy atom. The van der Waals surface area contributed by atoms with E-state index in [0.717, 1.165) is 20.8 Å². The SMILES string of the molecule is O=C(Nc1cccc(-c2nc3ccccc3s2)c1)Nc1ccccc1Cl. The second kappa shape index (κ2) is 7.15. The number of anilines is 2. The van der Waals surface area contributed by atoms with Gasteiger partial charge >= 0.3 is 6.03 Å². The number of para-hydroxylation sites is 2. The van der Waals surface area contributed by atoms with E-state index in [1.807, 2.05) is 54.6 Å². The third-order valence-corrected chi connectivity index (χ3v) is 5.20. The normalized spacial score (nSPS) is 10.7. The Labute approximate surface area is 159 Å². The molecule has 4 nitrogen and oxygen atoms in total. The van der Waals surface area contributed by atoms with Gasteiger partial charge in [0.1, 0.15) is 5.01 Å². The highest BCUT2D eigenvalue weighted by Crippen LogP contribution is 2.31. The number of thiazole rings is 1. The summed E-state index contributed by atoms with van der Waals surface area (Å²) in [5, 5.41) is 6.98. The second-order valence-corrected chi connectivity index (χ2v) is 7.06.